The first-order chi connectivity index (χ1) is 8.04. The summed E-state index contributed by atoms with van der Waals surface area (Å²) in [6.07, 6.45) is 2.74. The topological polar surface area (TPSA) is 21.1 Å². The number of hydrogen-bond donors (Lipinski definition) is 0. The normalized spacial score (nSPS) is 15.6. The lowest BCUT2D eigenvalue weighted by Gasteiger charge is -2.29. The summed E-state index contributed by atoms with van der Waals surface area (Å²) in [4.78, 5) is 2.45. The zero-order chi connectivity index (χ0) is 12.6. The van der Waals surface area contributed by atoms with Crippen molar-refractivity contribution in [1.29, 1.82) is 0 Å². The Morgan fingerprint density at radius 2 is 2.12 bits per heavy atom. The van der Waals surface area contributed by atoms with Gasteiger partial charge in [0.15, 0.2) is 0 Å². The van der Waals surface area contributed by atoms with E-state index in [0.29, 0.717) is 11.9 Å². The molecule has 1 saturated carbocycles. The maximum Gasteiger partial charge on any atom is 0.131 e. The van der Waals surface area contributed by atoms with Crippen LogP contribution < -0.4 is 4.90 Å². The Kier molecular flexibility index (Phi) is 3.67. The number of aromatic nitrogens is 2. The summed E-state index contributed by atoms with van der Waals surface area (Å²) in [5, 5.41) is 4.50. The van der Waals surface area contributed by atoms with Crippen LogP contribution >= 0.6 is 11.6 Å². The van der Waals surface area contributed by atoms with Crippen LogP contribution in [0, 0.1) is 12.8 Å². The molecular weight excluding hydrogens is 234 g/mol. The second-order valence-electron chi connectivity index (χ2n) is 5.33. The first kappa shape index (κ1) is 12.7. The summed E-state index contributed by atoms with van der Waals surface area (Å²) in [6, 6.07) is 0.493. The second-order valence-corrected chi connectivity index (χ2v) is 5.60. The molecular formula is C13H22ClN3. The predicted molar refractivity (Wildman–Crippen MR) is 72.7 cm³/mol. The minimum atomic E-state index is 0.493. The molecule has 0 aliphatic heterocycles. The van der Waals surface area contributed by atoms with Gasteiger partial charge in [0.2, 0.25) is 0 Å². The van der Waals surface area contributed by atoms with E-state index in [-0.39, 0.29) is 0 Å². The molecule has 1 aliphatic rings. The van der Waals surface area contributed by atoms with Gasteiger partial charge in [-0.25, -0.2) is 0 Å². The first-order valence-corrected chi connectivity index (χ1v) is 6.93. The molecule has 1 heterocycles. The van der Waals surface area contributed by atoms with Crippen LogP contribution in [0.2, 0.25) is 0 Å². The summed E-state index contributed by atoms with van der Waals surface area (Å²) in [6.45, 7) is 7.66. The summed E-state index contributed by atoms with van der Waals surface area (Å²) in [5.74, 6) is 2.62. The zero-order valence-electron chi connectivity index (χ0n) is 11.2. The fourth-order valence-corrected chi connectivity index (χ4v) is 2.64. The molecule has 96 valence electrons. The lowest BCUT2D eigenvalue weighted by atomic mass is 10.2. The van der Waals surface area contributed by atoms with E-state index in [4.69, 9.17) is 11.6 Å². The van der Waals surface area contributed by atoms with Crippen molar-refractivity contribution in [3.63, 3.8) is 0 Å². The van der Waals surface area contributed by atoms with Crippen molar-refractivity contribution in [2.24, 2.45) is 13.0 Å². The smallest absolute Gasteiger partial charge is 0.131 e. The highest BCUT2D eigenvalue weighted by atomic mass is 35.5. The molecule has 1 aromatic rings. The van der Waals surface area contributed by atoms with E-state index in [1.807, 2.05) is 18.7 Å². The fourth-order valence-electron chi connectivity index (χ4n) is 2.33. The zero-order valence-corrected chi connectivity index (χ0v) is 12.0. The monoisotopic (exact) mass is 255 g/mol. The molecule has 17 heavy (non-hydrogen) atoms. The van der Waals surface area contributed by atoms with Gasteiger partial charge in [0.25, 0.3) is 0 Å². The van der Waals surface area contributed by atoms with Crippen LogP contribution in [-0.2, 0) is 12.9 Å². The lowest BCUT2D eigenvalue weighted by Crippen LogP contribution is -2.35. The number of nitrogens with zero attached hydrogens (tertiary/aromatic N) is 3. The van der Waals surface area contributed by atoms with E-state index in [9.17, 15) is 0 Å². The van der Waals surface area contributed by atoms with Gasteiger partial charge in [-0.05, 0) is 39.5 Å². The Morgan fingerprint density at radius 1 is 1.47 bits per heavy atom. The van der Waals surface area contributed by atoms with Gasteiger partial charge in [-0.1, -0.05) is 0 Å². The molecule has 1 fully saturated rings. The SMILES string of the molecule is Cc1nn(C)c(N(CC2CC2)C(C)C)c1CCl. The Balaban J connectivity index is 2.33. The standard InChI is InChI=1S/C13H22ClN3/c1-9(2)17(8-11-5-6-11)13-12(7-14)10(3)15-16(13)4/h9,11H,5-8H2,1-4H3. The van der Waals surface area contributed by atoms with E-state index in [2.05, 4.69) is 23.8 Å². The predicted octanol–water partition coefficient (Wildman–Crippen LogP) is 3.09. The molecule has 0 aromatic carbocycles. The number of rotatable bonds is 5. The minimum absolute atomic E-state index is 0.493. The molecule has 1 aliphatic carbocycles. The fraction of sp³-hybridized carbons (Fsp3) is 0.769. The summed E-state index contributed by atoms with van der Waals surface area (Å²) >= 11 is 6.07. The van der Waals surface area contributed by atoms with Crippen molar-refractivity contribution in [2.75, 3.05) is 11.4 Å². The molecule has 4 heteroatoms. The van der Waals surface area contributed by atoms with Gasteiger partial charge in [-0.3, -0.25) is 4.68 Å². The first-order valence-electron chi connectivity index (χ1n) is 6.39. The van der Waals surface area contributed by atoms with Gasteiger partial charge in [-0.15, -0.1) is 11.6 Å². The molecule has 0 saturated heterocycles. The summed E-state index contributed by atoms with van der Waals surface area (Å²) < 4.78 is 1.98. The molecule has 0 amide bonds. The molecule has 3 nitrogen and oxygen atoms in total. The maximum atomic E-state index is 6.07. The van der Waals surface area contributed by atoms with E-state index in [1.54, 1.807) is 0 Å². The van der Waals surface area contributed by atoms with Gasteiger partial charge in [0, 0.05) is 25.2 Å². The summed E-state index contributed by atoms with van der Waals surface area (Å²) in [7, 11) is 2.01. The largest absolute Gasteiger partial charge is 0.354 e. The minimum Gasteiger partial charge on any atom is -0.354 e. The van der Waals surface area contributed by atoms with Crippen molar-refractivity contribution < 1.29 is 0 Å². The highest BCUT2D eigenvalue weighted by Gasteiger charge is 2.28. The highest BCUT2D eigenvalue weighted by Crippen LogP contribution is 2.34. The third-order valence-electron chi connectivity index (χ3n) is 3.49. The number of aryl methyl sites for hydroxylation is 2. The van der Waals surface area contributed by atoms with Gasteiger partial charge in [0.1, 0.15) is 5.82 Å². The average molecular weight is 256 g/mol. The maximum absolute atomic E-state index is 6.07. The molecule has 0 unspecified atom stereocenters. The molecule has 0 N–H and O–H groups in total. The molecule has 0 bridgehead atoms. The highest BCUT2D eigenvalue weighted by molar-refractivity contribution is 6.17. The molecule has 0 spiro atoms. The van der Waals surface area contributed by atoms with Crippen LogP contribution in [0.3, 0.4) is 0 Å². The third-order valence-corrected chi connectivity index (χ3v) is 3.76. The van der Waals surface area contributed by atoms with Crippen molar-refractivity contribution >= 4 is 17.4 Å². The van der Waals surface area contributed by atoms with Crippen LogP contribution in [0.15, 0.2) is 0 Å². The van der Waals surface area contributed by atoms with Crippen molar-refractivity contribution in [3.8, 4) is 0 Å². The summed E-state index contributed by atoms with van der Waals surface area (Å²) in [5.41, 5.74) is 2.24. The molecule has 2 rings (SSSR count). The average Bonchev–Trinajstić information content (AvgIpc) is 3.01. The van der Waals surface area contributed by atoms with Gasteiger partial charge in [-0.2, -0.15) is 5.10 Å². The quantitative estimate of drug-likeness (QED) is 0.754. The van der Waals surface area contributed by atoms with E-state index < -0.39 is 0 Å². The Labute approximate surface area is 109 Å². The molecule has 0 atom stereocenters. The number of halogens is 1. The van der Waals surface area contributed by atoms with Crippen LogP contribution in [0.25, 0.3) is 0 Å². The Bertz CT molecular complexity index is 394. The van der Waals surface area contributed by atoms with Gasteiger partial charge >= 0.3 is 0 Å². The molecule has 1 aromatic heterocycles. The van der Waals surface area contributed by atoms with Crippen molar-refractivity contribution in [3.05, 3.63) is 11.3 Å². The lowest BCUT2D eigenvalue weighted by molar-refractivity contribution is 0.608. The van der Waals surface area contributed by atoms with Crippen LogP contribution in [-0.4, -0.2) is 22.4 Å². The van der Waals surface area contributed by atoms with E-state index >= 15 is 0 Å². The number of anilines is 1. The Hall–Kier alpha value is -0.700. The molecule has 0 radical (unpaired) electrons. The number of alkyl halides is 1. The Morgan fingerprint density at radius 3 is 2.59 bits per heavy atom. The van der Waals surface area contributed by atoms with Gasteiger partial charge < -0.3 is 4.90 Å². The van der Waals surface area contributed by atoms with E-state index in [0.717, 1.165) is 18.2 Å². The van der Waals surface area contributed by atoms with Crippen LogP contribution in [0.5, 0.6) is 0 Å². The van der Waals surface area contributed by atoms with E-state index in [1.165, 1.54) is 24.2 Å². The van der Waals surface area contributed by atoms with Crippen LogP contribution in [0.1, 0.15) is 37.9 Å². The van der Waals surface area contributed by atoms with Crippen molar-refractivity contribution in [2.45, 2.75) is 45.5 Å². The van der Waals surface area contributed by atoms with Crippen molar-refractivity contribution in [1.82, 2.24) is 9.78 Å². The second kappa shape index (κ2) is 4.89. The number of hydrogen-bond acceptors (Lipinski definition) is 2. The van der Waals surface area contributed by atoms with Gasteiger partial charge in [0.05, 0.1) is 11.6 Å². The third kappa shape index (κ3) is 2.59. The van der Waals surface area contributed by atoms with Crippen LogP contribution in [0.4, 0.5) is 5.82 Å².